The molecule has 30 heavy (non-hydrogen) atoms. The predicted molar refractivity (Wildman–Crippen MR) is 108 cm³/mol. The maximum Gasteiger partial charge on any atom is 0.325 e. The fourth-order valence-electron chi connectivity index (χ4n) is 3.93. The van der Waals surface area contributed by atoms with E-state index < -0.39 is 27.6 Å². The summed E-state index contributed by atoms with van der Waals surface area (Å²) in [6, 6.07) is 14.7. The molecule has 0 bridgehead atoms. The number of rotatable bonds is 7. The number of aliphatic carboxylic acids is 1. The molecule has 2 atom stereocenters. The van der Waals surface area contributed by atoms with Crippen LogP contribution in [0.3, 0.4) is 0 Å². The Morgan fingerprint density at radius 2 is 1.73 bits per heavy atom. The van der Waals surface area contributed by atoms with Crippen molar-refractivity contribution < 1.29 is 27.4 Å². The highest BCUT2D eigenvalue weighted by Gasteiger charge is 2.63. The highest BCUT2D eigenvalue weighted by atomic mass is 32.2. The molecule has 1 heterocycles. The second-order valence-corrected chi connectivity index (χ2v) is 9.39. The molecular weight excluding hydrogens is 411 g/mol. The molecule has 0 spiro atoms. The van der Waals surface area contributed by atoms with Gasteiger partial charge in [0, 0.05) is 19.0 Å². The normalized spacial score (nSPS) is 25.0. The van der Waals surface area contributed by atoms with E-state index in [2.05, 4.69) is 4.72 Å². The van der Waals surface area contributed by atoms with Crippen molar-refractivity contribution in [3.8, 4) is 5.75 Å². The average molecular weight is 434 g/mol. The molecule has 9 heteroatoms. The van der Waals surface area contributed by atoms with Gasteiger partial charge in [-0.3, -0.25) is 4.79 Å². The lowest BCUT2D eigenvalue weighted by molar-refractivity contribution is -0.140. The molecule has 2 aromatic rings. The lowest BCUT2D eigenvalue weighted by atomic mass is 10.1. The van der Waals surface area contributed by atoms with Crippen molar-refractivity contribution in [2.24, 2.45) is 0 Å². The van der Waals surface area contributed by atoms with Crippen molar-refractivity contribution in [1.29, 1.82) is 0 Å². The van der Waals surface area contributed by atoms with Gasteiger partial charge in [0.15, 0.2) is 0 Å². The minimum absolute atomic E-state index is 0.187. The van der Waals surface area contributed by atoms with Crippen molar-refractivity contribution in [2.75, 3.05) is 13.1 Å². The van der Waals surface area contributed by atoms with Crippen LogP contribution in [-0.4, -0.2) is 48.5 Å². The van der Waals surface area contributed by atoms with Gasteiger partial charge in [-0.05, 0) is 49.1 Å². The van der Waals surface area contributed by atoms with E-state index in [1.54, 1.807) is 12.1 Å². The van der Waals surface area contributed by atoms with Gasteiger partial charge in [0.1, 0.15) is 23.2 Å². The van der Waals surface area contributed by atoms with Crippen LogP contribution >= 0.6 is 0 Å². The fourth-order valence-corrected chi connectivity index (χ4v) is 5.53. The molecule has 1 aliphatic heterocycles. The van der Waals surface area contributed by atoms with E-state index >= 15 is 0 Å². The SMILES string of the molecule is O=C(O)C1(NS(=O)(=O)N2CCC(Oc3ccc(F)cc3)CC2)C[C@H]1c1ccccc1. The molecule has 1 aliphatic carbocycles. The Bertz CT molecular complexity index is 1010. The molecule has 4 rings (SSSR count). The lowest BCUT2D eigenvalue weighted by Gasteiger charge is -2.32. The van der Waals surface area contributed by atoms with Crippen LogP contribution in [0.2, 0.25) is 0 Å². The van der Waals surface area contributed by atoms with Gasteiger partial charge in [0.2, 0.25) is 0 Å². The van der Waals surface area contributed by atoms with Crippen LogP contribution in [0.25, 0.3) is 0 Å². The number of ether oxygens (including phenoxy) is 1. The number of hydrogen-bond acceptors (Lipinski definition) is 4. The Hall–Kier alpha value is -2.49. The first kappa shape index (κ1) is 20.8. The van der Waals surface area contributed by atoms with Crippen LogP contribution in [0.1, 0.15) is 30.7 Å². The number of benzene rings is 2. The second-order valence-electron chi connectivity index (χ2n) is 7.72. The zero-order valence-electron chi connectivity index (χ0n) is 16.2. The van der Waals surface area contributed by atoms with Crippen LogP contribution in [0.15, 0.2) is 54.6 Å². The number of nitrogens with one attached hydrogen (secondary N) is 1. The van der Waals surface area contributed by atoms with Crippen molar-refractivity contribution in [3.05, 3.63) is 66.0 Å². The Morgan fingerprint density at radius 1 is 1.10 bits per heavy atom. The molecule has 1 saturated heterocycles. The number of carboxylic acids is 1. The van der Waals surface area contributed by atoms with E-state index in [0.717, 1.165) is 5.56 Å². The van der Waals surface area contributed by atoms with Crippen molar-refractivity contribution in [3.63, 3.8) is 0 Å². The average Bonchev–Trinajstić information content (AvgIpc) is 3.46. The summed E-state index contributed by atoms with van der Waals surface area (Å²) in [5, 5.41) is 9.73. The van der Waals surface area contributed by atoms with E-state index in [4.69, 9.17) is 4.74 Å². The maximum atomic E-state index is 13.0. The molecule has 2 N–H and O–H groups in total. The van der Waals surface area contributed by atoms with Gasteiger partial charge in [-0.1, -0.05) is 30.3 Å². The summed E-state index contributed by atoms with van der Waals surface area (Å²) in [4.78, 5) is 11.9. The molecule has 1 unspecified atom stereocenters. The Labute approximate surface area is 174 Å². The highest BCUT2D eigenvalue weighted by Crippen LogP contribution is 2.52. The molecule has 1 saturated carbocycles. The Kier molecular flexibility index (Phi) is 5.52. The fraction of sp³-hybridized carbons (Fsp3) is 0.381. The topological polar surface area (TPSA) is 95.9 Å². The van der Waals surface area contributed by atoms with Crippen LogP contribution < -0.4 is 9.46 Å². The van der Waals surface area contributed by atoms with Gasteiger partial charge in [-0.15, -0.1) is 0 Å². The number of halogens is 1. The zero-order valence-corrected chi connectivity index (χ0v) is 17.0. The van der Waals surface area contributed by atoms with Gasteiger partial charge in [0.05, 0.1) is 0 Å². The van der Waals surface area contributed by atoms with Crippen molar-refractivity contribution in [1.82, 2.24) is 9.03 Å². The molecule has 2 fully saturated rings. The van der Waals surface area contributed by atoms with Gasteiger partial charge in [0.25, 0.3) is 10.2 Å². The molecule has 0 aromatic heterocycles. The van der Waals surface area contributed by atoms with E-state index in [9.17, 15) is 22.7 Å². The molecule has 2 aromatic carbocycles. The summed E-state index contributed by atoms with van der Waals surface area (Å²) in [7, 11) is -3.97. The third-order valence-corrected chi connectivity index (χ3v) is 7.38. The van der Waals surface area contributed by atoms with Gasteiger partial charge < -0.3 is 9.84 Å². The summed E-state index contributed by atoms with van der Waals surface area (Å²) in [6.07, 6.45) is 0.949. The van der Waals surface area contributed by atoms with Gasteiger partial charge >= 0.3 is 5.97 Å². The van der Waals surface area contributed by atoms with Crippen molar-refractivity contribution in [2.45, 2.75) is 36.8 Å². The summed E-state index contributed by atoms with van der Waals surface area (Å²) >= 11 is 0. The van der Waals surface area contributed by atoms with E-state index in [-0.39, 0.29) is 31.4 Å². The van der Waals surface area contributed by atoms with Crippen LogP contribution in [0, 0.1) is 5.82 Å². The smallest absolute Gasteiger partial charge is 0.325 e. The maximum absolute atomic E-state index is 13.0. The molecule has 0 radical (unpaired) electrons. The Balaban J connectivity index is 1.38. The molecule has 160 valence electrons. The molecule has 2 aliphatic rings. The van der Waals surface area contributed by atoms with Gasteiger partial charge in [-0.2, -0.15) is 17.4 Å². The van der Waals surface area contributed by atoms with E-state index in [1.807, 2.05) is 18.2 Å². The summed E-state index contributed by atoms with van der Waals surface area (Å²) in [5.74, 6) is -1.39. The molecule has 0 amide bonds. The largest absolute Gasteiger partial charge is 0.490 e. The number of nitrogens with zero attached hydrogens (tertiary/aromatic N) is 1. The third-order valence-electron chi connectivity index (χ3n) is 5.71. The lowest BCUT2D eigenvalue weighted by Crippen LogP contribution is -2.53. The first-order chi connectivity index (χ1) is 14.3. The summed E-state index contributed by atoms with van der Waals surface area (Å²) in [6.45, 7) is 0.430. The number of carboxylic acid groups (broad SMARTS) is 1. The number of carbonyl (C=O) groups is 1. The molecular formula is C21H23FN2O5S. The summed E-state index contributed by atoms with van der Waals surface area (Å²) in [5.41, 5.74) is -0.712. The standard InChI is InChI=1S/C21H23FN2O5S/c22-16-6-8-17(9-7-16)29-18-10-12-24(13-11-18)30(27,28)23-21(20(25)26)14-19(21)15-4-2-1-3-5-15/h1-9,18-19,23H,10-14H2,(H,25,26)/t19-,21?/m0/s1. The third kappa shape index (κ3) is 4.19. The first-order valence-corrected chi connectivity index (χ1v) is 11.2. The van der Waals surface area contributed by atoms with Crippen LogP contribution in [0.4, 0.5) is 4.39 Å². The zero-order chi connectivity index (χ0) is 21.4. The highest BCUT2D eigenvalue weighted by molar-refractivity contribution is 7.87. The minimum atomic E-state index is -3.97. The van der Waals surface area contributed by atoms with Crippen LogP contribution in [0.5, 0.6) is 5.75 Å². The number of hydrogen-bond donors (Lipinski definition) is 2. The molecule has 7 nitrogen and oxygen atoms in total. The quantitative estimate of drug-likeness (QED) is 0.698. The minimum Gasteiger partial charge on any atom is -0.490 e. The van der Waals surface area contributed by atoms with E-state index in [0.29, 0.717) is 18.6 Å². The second kappa shape index (κ2) is 7.98. The van der Waals surface area contributed by atoms with Gasteiger partial charge in [-0.25, -0.2) is 4.39 Å². The van der Waals surface area contributed by atoms with Crippen LogP contribution in [-0.2, 0) is 15.0 Å². The monoisotopic (exact) mass is 434 g/mol. The first-order valence-electron chi connectivity index (χ1n) is 9.80. The van der Waals surface area contributed by atoms with E-state index in [1.165, 1.54) is 28.6 Å². The Morgan fingerprint density at radius 3 is 2.33 bits per heavy atom. The number of piperidine rings is 1. The summed E-state index contributed by atoms with van der Waals surface area (Å²) < 4.78 is 48.3. The van der Waals surface area contributed by atoms with Crippen molar-refractivity contribution >= 4 is 16.2 Å². The predicted octanol–water partition coefficient (Wildman–Crippen LogP) is 2.51.